The highest BCUT2D eigenvalue weighted by Crippen LogP contribution is 2.40. The van der Waals surface area contributed by atoms with Crippen molar-refractivity contribution in [1.82, 2.24) is 15.6 Å². The van der Waals surface area contributed by atoms with Gasteiger partial charge < -0.3 is 29.9 Å². The molecular formula is C43H55N3O4Si. The van der Waals surface area contributed by atoms with E-state index in [-0.39, 0.29) is 35.7 Å². The fourth-order valence-electron chi connectivity index (χ4n) is 6.01. The second-order valence-corrected chi connectivity index (χ2v) is 19.9. The number of amides is 1. The molecule has 0 spiro atoms. The fraction of sp³-hybridized carbons (Fsp3) is 0.372. The largest absolute Gasteiger partial charge is 0.489 e. The van der Waals surface area contributed by atoms with Crippen LogP contribution in [0, 0.1) is 0 Å². The van der Waals surface area contributed by atoms with Crippen molar-refractivity contribution in [3.63, 3.8) is 0 Å². The molecule has 5 aromatic rings. The van der Waals surface area contributed by atoms with Crippen molar-refractivity contribution in [3.8, 4) is 5.75 Å². The van der Waals surface area contributed by atoms with Crippen molar-refractivity contribution in [2.75, 3.05) is 6.54 Å². The molecule has 51 heavy (non-hydrogen) atoms. The zero-order valence-corrected chi connectivity index (χ0v) is 32.3. The standard InChI is InChI=1S/C43H55N3O4Si/c1-8-37(24-32-19-21-38-35(23-32)26-39(46-38)42(48)45-30(2)33-17-13-10-14-18-33)44-27-41(50-51(6,7)43(3,4)5)34-20-22-40(36(25-34)28-47)49-29-31-15-11-9-12-16-31/h9-23,25-26,30,37,41,44,46-47H,8,24,27-29H2,1-7H3,(H,45,48)/t30-,37-,41+/m1/s1. The molecule has 4 aromatic carbocycles. The molecule has 270 valence electrons. The Kier molecular flexibility index (Phi) is 12.6. The number of aromatic nitrogens is 1. The van der Waals surface area contributed by atoms with Crippen LogP contribution in [-0.2, 0) is 24.1 Å². The predicted octanol–water partition coefficient (Wildman–Crippen LogP) is 9.40. The molecule has 5 rings (SSSR count). The quantitative estimate of drug-likeness (QED) is 0.0768. The normalized spacial score (nSPS) is 13.9. The topological polar surface area (TPSA) is 95.6 Å². The molecule has 0 radical (unpaired) electrons. The van der Waals surface area contributed by atoms with Crippen LogP contribution in [0.25, 0.3) is 10.9 Å². The number of aromatic amines is 1. The molecule has 0 aliphatic heterocycles. The molecule has 0 aliphatic carbocycles. The lowest BCUT2D eigenvalue weighted by atomic mass is 10.0. The van der Waals surface area contributed by atoms with Crippen molar-refractivity contribution in [2.24, 2.45) is 0 Å². The SMILES string of the molecule is CC[C@H](Cc1ccc2[nH]c(C(=O)N[C@H](C)c3ccccc3)cc2c1)NC[C@H](O[Si](C)(C)C(C)(C)C)c1ccc(OCc2ccccc2)c(CO)c1. The number of hydrogen-bond acceptors (Lipinski definition) is 5. The number of benzene rings is 4. The number of H-pyrrole nitrogens is 1. The summed E-state index contributed by atoms with van der Waals surface area (Å²) in [4.78, 5) is 16.4. The van der Waals surface area contributed by atoms with Crippen LogP contribution in [0.4, 0.5) is 0 Å². The van der Waals surface area contributed by atoms with E-state index in [2.05, 4.69) is 80.7 Å². The number of aliphatic hydroxyl groups excluding tert-OH is 1. The lowest BCUT2D eigenvalue weighted by Crippen LogP contribution is -2.44. The van der Waals surface area contributed by atoms with Crippen LogP contribution in [0.3, 0.4) is 0 Å². The third kappa shape index (κ3) is 9.98. The number of fused-ring (bicyclic) bond motifs is 1. The van der Waals surface area contributed by atoms with E-state index < -0.39 is 8.32 Å². The van der Waals surface area contributed by atoms with E-state index in [1.807, 2.05) is 85.8 Å². The van der Waals surface area contributed by atoms with Gasteiger partial charge in [-0.25, -0.2) is 0 Å². The maximum absolute atomic E-state index is 13.1. The zero-order valence-electron chi connectivity index (χ0n) is 31.3. The van der Waals surface area contributed by atoms with Crippen molar-refractivity contribution in [1.29, 1.82) is 0 Å². The van der Waals surface area contributed by atoms with Crippen molar-refractivity contribution in [3.05, 3.63) is 137 Å². The molecule has 0 saturated carbocycles. The Morgan fingerprint density at radius 3 is 2.25 bits per heavy atom. The summed E-state index contributed by atoms with van der Waals surface area (Å²) in [6.07, 6.45) is 1.59. The number of carbonyl (C=O) groups excluding carboxylic acids is 1. The lowest BCUT2D eigenvalue weighted by molar-refractivity contribution is 0.0935. The number of hydrogen-bond donors (Lipinski definition) is 4. The Labute approximate surface area is 304 Å². The maximum atomic E-state index is 13.1. The molecule has 1 heterocycles. The monoisotopic (exact) mass is 705 g/mol. The van der Waals surface area contributed by atoms with Crippen molar-refractivity contribution in [2.45, 2.75) is 97.0 Å². The first-order valence-electron chi connectivity index (χ1n) is 18.2. The van der Waals surface area contributed by atoms with Gasteiger partial charge in [0, 0.05) is 29.1 Å². The van der Waals surface area contributed by atoms with Gasteiger partial charge in [-0.05, 0) is 90.5 Å². The third-order valence-electron chi connectivity index (χ3n) is 10.3. The van der Waals surface area contributed by atoms with Crippen molar-refractivity contribution < 1.29 is 19.1 Å². The van der Waals surface area contributed by atoms with Gasteiger partial charge in [-0.15, -0.1) is 0 Å². The van der Waals surface area contributed by atoms with Gasteiger partial charge in [-0.3, -0.25) is 4.79 Å². The molecule has 4 N–H and O–H groups in total. The fourth-order valence-corrected chi connectivity index (χ4v) is 7.29. The summed E-state index contributed by atoms with van der Waals surface area (Å²) in [6, 6.07) is 34.6. The molecule has 7 nitrogen and oxygen atoms in total. The molecule has 0 saturated heterocycles. The molecule has 0 aliphatic rings. The first-order chi connectivity index (χ1) is 24.4. The number of aliphatic hydroxyl groups is 1. The van der Waals surface area contributed by atoms with E-state index in [0.717, 1.165) is 46.0 Å². The van der Waals surface area contributed by atoms with E-state index in [1.165, 1.54) is 5.56 Å². The zero-order chi connectivity index (χ0) is 36.6. The highest BCUT2D eigenvalue weighted by Gasteiger charge is 2.39. The molecule has 8 heteroatoms. The summed E-state index contributed by atoms with van der Waals surface area (Å²) >= 11 is 0. The highest BCUT2D eigenvalue weighted by molar-refractivity contribution is 6.74. The minimum Gasteiger partial charge on any atom is -0.489 e. The van der Waals surface area contributed by atoms with Gasteiger partial charge in [0.25, 0.3) is 5.91 Å². The minimum absolute atomic E-state index is 0.0370. The van der Waals surface area contributed by atoms with Gasteiger partial charge in [0.1, 0.15) is 18.1 Å². The van der Waals surface area contributed by atoms with Gasteiger partial charge in [-0.2, -0.15) is 0 Å². The summed E-state index contributed by atoms with van der Waals surface area (Å²) in [6.45, 7) is 16.5. The van der Waals surface area contributed by atoms with E-state index in [1.54, 1.807) is 0 Å². The lowest BCUT2D eigenvalue weighted by Gasteiger charge is -2.40. The molecule has 1 aromatic heterocycles. The number of nitrogens with one attached hydrogen (secondary N) is 3. The second kappa shape index (κ2) is 16.9. The van der Waals surface area contributed by atoms with Crippen LogP contribution in [0.15, 0.2) is 103 Å². The van der Waals surface area contributed by atoms with Crippen LogP contribution >= 0.6 is 0 Å². The molecule has 3 atom stereocenters. The molecular weight excluding hydrogens is 651 g/mol. The smallest absolute Gasteiger partial charge is 0.268 e. The van der Waals surface area contributed by atoms with E-state index >= 15 is 0 Å². The van der Waals surface area contributed by atoms with Crippen LogP contribution in [0.2, 0.25) is 18.1 Å². The molecule has 0 bridgehead atoms. The van der Waals surface area contributed by atoms with E-state index in [9.17, 15) is 9.90 Å². The predicted molar refractivity (Wildman–Crippen MR) is 211 cm³/mol. The number of ether oxygens (including phenoxy) is 1. The highest BCUT2D eigenvalue weighted by atomic mass is 28.4. The second-order valence-electron chi connectivity index (χ2n) is 15.1. The van der Waals surface area contributed by atoms with Gasteiger partial charge in [0.05, 0.1) is 18.8 Å². The van der Waals surface area contributed by atoms with E-state index in [4.69, 9.17) is 9.16 Å². The average Bonchev–Trinajstić information content (AvgIpc) is 3.56. The Bertz CT molecular complexity index is 1870. The number of carbonyl (C=O) groups is 1. The van der Waals surface area contributed by atoms with Gasteiger partial charge in [-0.1, -0.05) is 100 Å². The van der Waals surface area contributed by atoms with Crippen molar-refractivity contribution >= 4 is 25.1 Å². The summed E-state index contributed by atoms with van der Waals surface area (Å²) in [7, 11) is -2.14. The third-order valence-corrected chi connectivity index (χ3v) is 14.7. The summed E-state index contributed by atoms with van der Waals surface area (Å²) in [5, 5.41) is 18.3. The average molecular weight is 706 g/mol. The van der Waals surface area contributed by atoms with Gasteiger partial charge in [0.2, 0.25) is 0 Å². The Hall–Kier alpha value is -4.21. The van der Waals surface area contributed by atoms with Gasteiger partial charge >= 0.3 is 0 Å². The van der Waals surface area contributed by atoms with E-state index in [0.29, 0.717) is 24.6 Å². The van der Waals surface area contributed by atoms with Crippen LogP contribution in [0.5, 0.6) is 5.75 Å². The first kappa shape index (κ1) is 38.0. The first-order valence-corrected chi connectivity index (χ1v) is 21.1. The van der Waals surface area contributed by atoms with Gasteiger partial charge in [0.15, 0.2) is 8.32 Å². The number of rotatable bonds is 16. The molecule has 0 fully saturated rings. The summed E-state index contributed by atoms with van der Waals surface area (Å²) in [5.41, 5.74) is 6.62. The summed E-state index contributed by atoms with van der Waals surface area (Å²) < 4.78 is 13.2. The Morgan fingerprint density at radius 2 is 1.59 bits per heavy atom. The Balaban J connectivity index is 1.28. The molecule has 1 amide bonds. The Morgan fingerprint density at radius 1 is 0.882 bits per heavy atom. The van der Waals surface area contributed by atoms with Crippen LogP contribution in [-0.4, -0.2) is 36.9 Å². The summed E-state index contributed by atoms with van der Waals surface area (Å²) in [5.74, 6) is 0.562. The molecule has 0 unspecified atom stereocenters. The van der Waals surface area contributed by atoms with Crippen LogP contribution in [0.1, 0.15) is 91.5 Å². The maximum Gasteiger partial charge on any atom is 0.268 e. The van der Waals surface area contributed by atoms with Crippen LogP contribution < -0.4 is 15.4 Å². The minimum atomic E-state index is -2.14.